The molecule has 1 saturated heterocycles. The molecule has 202 valence electrons. The predicted octanol–water partition coefficient (Wildman–Crippen LogP) is 3.19. The van der Waals surface area contributed by atoms with Gasteiger partial charge in [-0.15, -0.1) is 0 Å². The number of nitrogens with one attached hydrogen (secondary N) is 3. The lowest BCUT2D eigenvalue weighted by Crippen LogP contribution is -2.61. The number of rotatable bonds is 7. The van der Waals surface area contributed by atoms with Gasteiger partial charge in [0.2, 0.25) is 5.91 Å². The number of hydrogen-bond acceptors (Lipinski definition) is 5. The minimum Gasteiger partial charge on any atom is -0.385 e. The first-order valence-electron chi connectivity index (χ1n) is 12.7. The van der Waals surface area contributed by atoms with Crippen LogP contribution in [0.3, 0.4) is 0 Å². The summed E-state index contributed by atoms with van der Waals surface area (Å²) in [6.45, 7) is 1.99. The molecule has 1 aliphatic heterocycles. The van der Waals surface area contributed by atoms with Crippen molar-refractivity contribution in [3.05, 3.63) is 65.5 Å². The van der Waals surface area contributed by atoms with E-state index >= 15 is 0 Å². The highest BCUT2D eigenvalue weighted by molar-refractivity contribution is 5.96. The number of halogens is 3. The molecule has 0 spiro atoms. The number of carbonyl (C=O) groups excluding carboxylic acids is 2. The van der Waals surface area contributed by atoms with Crippen molar-refractivity contribution in [1.82, 2.24) is 25.5 Å². The van der Waals surface area contributed by atoms with Crippen LogP contribution in [0, 0.1) is 5.92 Å². The summed E-state index contributed by atoms with van der Waals surface area (Å²) < 4.78 is 38.5. The third-order valence-electron chi connectivity index (χ3n) is 7.59. The lowest BCUT2D eigenvalue weighted by atomic mass is 9.75. The average Bonchev–Trinajstić information content (AvgIpc) is 3.35. The molecule has 5 rings (SSSR count). The zero-order valence-corrected chi connectivity index (χ0v) is 20.7. The Kier molecular flexibility index (Phi) is 7.15. The molecule has 2 aromatic carbocycles. The first kappa shape index (κ1) is 26.2. The van der Waals surface area contributed by atoms with E-state index < -0.39 is 23.2 Å². The maximum atomic E-state index is 12.8. The number of fused-ring (bicyclic) bond motifs is 1. The Hall–Kier alpha value is -3.44. The molecule has 11 heteroatoms. The molecular formula is C27H30F3N5O3. The fourth-order valence-corrected chi connectivity index (χ4v) is 5.40. The second kappa shape index (κ2) is 10.4. The van der Waals surface area contributed by atoms with Crippen LogP contribution in [0.15, 0.2) is 48.8 Å². The number of likely N-dealkylation sites (tertiary alicyclic amines) is 1. The van der Waals surface area contributed by atoms with Crippen molar-refractivity contribution in [2.75, 3.05) is 26.2 Å². The largest absolute Gasteiger partial charge is 0.416 e. The summed E-state index contributed by atoms with van der Waals surface area (Å²) in [6, 6.07) is 9.92. The summed E-state index contributed by atoms with van der Waals surface area (Å²) in [6.07, 6.45) is 0.306. The molecule has 0 unspecified atom stereocenters. The van der Waals surface area contributed by atoms with E-state index in [9.17, 15) is 27.9 Å². The van der Waals surface area contributed by atoms with Gasteiger partial charge in [0.1, 0.15) is 0 Å². The van der Waals surface area contributed by atoms with Gasteiger partial charge in [-0.05, 0) is 67.5 Å². The molecule has 2 aliphatic rings. The number of aromatic nitrogens is 2. The van der Waals surface area contributed by atoms with Gasteiger partial charge in [-0.25, -0.2) is 4.98 Å². The Labute approximate surface area is 217 Å². The SMILES string of the molecule is O=C(CNC(=O)c1cccc(C(F)(F)F)c1)NC1CN(CC2CCC(O)(c3ccc4nc[nH]c4c3)CC2)C1. The van der Waals surface area contributed by atoms with Gasteiger partial charge in [-0.1, -0.05) is 12.1 Å². The lowest BCUT2D eigenvalue weighted by molar-refractivity contribution is -0.137. The van der Waals surface area contributed by atoms with Crippen molar-refractivity contribution >= 4 is 22.8 Å². The van der Waals surface area contributed by atoms with Crippen LogP contribution >= 0.6 is 0 Å². The van der Waals surface area contributed by atoms with E-state index in [1.165, 1.54) is 6.07 Å². The molecule has 8 nitrogen and oxygen atoms in total. The van der Waals surface area contributed by atoms with Gasteiger partial charge in [0.15, 0.2) is 0 Å². The molecular weight excluding hydrogens is 499 g/mol. The van der Waals surface area contributed by atoms with Crippen molar-refractivity contribution in [3.63, 3.8) is 0 Å². The smallest absolute Gasteiger partial charge is 0.385 e. The minimum absolute atomic E-state index is 0.0328. The summed E-state index contributed by atoms with van der Waals surface area (Å²) >= 11 is 0. The highest BCUT2D eigenvalue weighted by atomic mass is 19.4. The predicted molar refractivity (Wildman–Crippen MR) is 134 cm³/mol. The fraction of sp³-hybridized carbons (Fsp3) is 0.444. The van der Waals surface area contributed by atoms with Gasteiger partial charge >= 0.3 is 6.18 Å². The van der Waals surface area contributed by atoms with Crippen LogP contribution in [0.5, 0.6) is 0 Å². The first-order valence-corrected chi connectivity index (χ1v) is 12.7. The second-order valence-electron chi connectivity index (χ2n) is 10.4. The van der Waals surface area contributed by atoms with Crippen LogP contribution in [-0.4, -0.2) is 64.0 Å². The topological polar surface area (TPSA) is 110 Å². The molecule has 2 heterocycles. The summed E-state index contributed by atoms with van der Waals surface area (Å²) in [4.78, 5) is 34.0. The number of alkyl halides is 3. The van der Waals surface area contributed by atoms with Gasteiger partial charge in [0.25, 0.3) is 5.91 Å². The molecule has 1 aliphatic carbocycles. The zero-order chi connectivity index (χ0) is 26.9. The third-order valence-corrected chi connectivity index (χ3v) is 7.59. The van der Waals surface area contributed by atoms with Crippen LogP contribution in [0.25, 0.3) is 11.0 Å². The van der Waals surface area contributed by atoms with Crippen molar-refractivity contribution in [1.29, 1.82) is 0 Å². The Morgan fingerprint density at radius 2 is 1.89 bits per heavy atom. The van der Waals surface area contributed by atoms with Crippen LogP contribution in [0.4, 0.5) is 13.2 Å². The number of aromatic amines is 1. The standard InChI is InChI=1S/C27H30F3N5O3/c28-27(29,30)20-3-1-2-18(10-20)25(37)31-12-24(36)34-21-14-35(15-21)13-17-6-8-26(38,9-7-17)19-4-5-22-23(11-19)33-16-32-22/h1-5,10-11,16-17,21,38H,6-9,12-15H2,(H,31,37)(H,32,33)(H,34,36). The van der Waals surface area contributed by atoms with Crippen molar-refractivity contribution < 1.29 is 27.9 Å². The molecule has 38 heavy (non-hydrogen) atoms. The van der Waals surface area contributed by atoms with Crippen molar-refractivity contribution in [2.24, 2.45) is 5.92 Å². The van der Waals surface area contributed by atoms with Crippen molar-refractivity contribution in [3.8, 4) is 0 Å². The number of H-pyrrole nitrogens is 1. The quantitative estimate of drug-likeness (QED) is 0.376. The first-order chi connectivity index (χ1) is 18.1. The minimum atomic E-state index is -4.54. The Morgan fingerprint density at radius 1 is 1.13 bits per heavy atom. The summed E-state index contributed by atoms with van der Waals surface area (Å²) in [5, 5.41) is 16.5. The van der Waals surface area contributed by atoms with E-state index in [-0.39, 0.29) is 24.1 Å². The van der Waals surface area contributed by atoms with Gasteiger partial charge < -0.3 is 20.7 Å². The third kappa shape index (κ3) is 5.83. The van der Waals surface area contributed by atoms with Crippen LogP contribution < -0.4 is 10.6 Å². The Morgan fingerprint density at radius 3 is 2.63 bits per heavy atom. The van der Waals surface area contributed by atoms with E-state index in [4.69, 9.17) is 0 Å². The van der Waals surface area contributed by atoms with E-state index in [1.807, 2.05) is 18.2 Å². The van der Waals surface area contributed by atoms with E-state index in [0.717, 1.165) is 54.2 Å². The van der Waals surface area contributed by atoms with Crippen LogP contribution in [0.1, 0.15) is 47.2 Å². The zero-order valence-electron chi connectivity index (χ0n) is 20.7. The van der Waals surface area contributed by atoms with E-state index in [2.05, 4.69) is 25.5 Å². The van der Waals surface area contributed by atoms with Crippen LogP contribution in [-0.2, 0) is 16.6 Å². The molecule has 2 fully saturated rings. The molecule has 1 saturated carbocycles. The number of aliphatic hydroxyl groups is 1. The Balaban J connectivity index is 1.01. The van der Waals surface area contributed by atoms with Gasteiger partial charge in [-0.2, -0.15) is 13.2 Å². The number of amides is 2. The number of nitrogens with zero attached hydrogens (tertiary/aromatic N) is 2. The highest BCUT2D eigenvalue weighted by Crippen LogP contribution is 2.40. The molecule has 0 radical (unpaired) electrons. The Bertz CT molecular complexity index is 1310. The average molecular weight is 530 g/mol. The molecule has 1 aromatic heterocycles. The number of benzene rings is 2. The number of imidazole rings is 1. The maximum Gasteiger partial charge on any atom is 0.416 e. The molecule has 0 atom stereocenters. The van der Waals surface area contributed by atoms with Crippen LogP contribution in [0.2, 0.25) is 0 Å². The molecule has 2 amide bonds. The number of hydrogen-bond donors (Lipinski definition) is 4. The normalized spacial score (nSPS) is 22.7. The van der Waals surface area contributed by atoms with Crippen molar-refractivity contribution in [2.45, 2.75) is 43.5 Å². The van der Waals surface area contributed by atoms with Gasteiger partial charge in [0, 0.05) is 25.2 Å². The van der Waals surface area contributed by atoms with Gasteiger partial charge in [-0.3, -0.25) is 14.5 Å². The summed E-state index contributed by atoms with van der Waals surface area (Å²) in [5.41, 5.74) is 0.816. The fourth-order valence-electron chi connectivity index (χ4n) is 5.40. The highest BCUT2D eigenvalue weighted by Gasteiger charge is 2.37. The lowest BCUT2D eigenvalue weighted by Gasteiger charge is -2.44. The molecule has 4 N–H and O–H groups in total. The summed E-state index contributed by atoms with van der Waals surface area (Å²) in [7, 11) is 0. The monoisotopic (exact) mass is 529 g/mol. The van der Waals surface area contributed by atoms with Gasteiger partial charge in [0.05, 0.1) is 41.1 Å². The van der Waals surface area contributed by atoms with E-state index in [1.54, 1.807) is 6.33 Å². The molecule has 3 aromatic rings. The maximum absolute atomic E-state index is 12.8. The number of carbonyl (C=O) groups is 2. The second-order valence-corrected chi connectivity index (χ2v) is 10.4. The van der Waals surface area contributed by atoms with E-state index in [0.29, 0.717) is 31.8 Å². The molecule has 0 bridgehead atoms. The summed E-state index contributed by atoms with van der Waals surface area (Å²) in [5.74, 6) is -0.648.